The van der Waals surface area contributed by atoms with E-state index in [9.17, 15) is 9.90 Å². The highest BCUT2D eigenvalue weighted by Gasteiger charge is 2.11. The summed E-state index contributed by atoms with van der Waals surface area (Å²) in [5, 5.41) is 12.8. The number of hydrogen-bond donors (Lipinski definition) is 2. The van der Waals surface area contributed by atoms with Gasteiger partial charge in [-0.25, -0.2) is 0 Å². The SMILES string of the molecule is COc1ccc(N(C)CC(O)CNC(=O)c2ccccc2)cc1. The van der Waals surface area contributed by atoms with Gasteiger partial charge in [0.1, 0.15) is 5.75 Å². The number of nitrogens with one attached hydrogen (secondary N) is 1. The minimum Gasteiger partial charge on any atom is -0.497 e. The van der Waals surface area contributed by atoms with Gasteiger partial charge < -0.3 is 20.1 Å². The molecule has 2 N–H and O–H groups in total. The smallest absolute Gasteiger partial charge is 0.251 e. The highest BCUT2D eigenvalue weighted by atomic mass is 16.5. The van der Waals surface area contributed by atoms with E-state index in [1.165, 1.54) is 0 Å². The van der Waals surface area contributed by atoms with Gasteiger partial charge in [-0.1, -0.05) is 18.2 Å². The standard InChI is InChI=1S/C18H22N2O3/c1-20(15-8-10-17(23-2)11-9-15)13-16(21)12-19-18(22)14-6-4-3-5-7-14/h3-11,16,21H,12-13H2,1-2H3,(H,19,22). The Hall–Kier alpha value is -2.53. The molecular weight excluding hydrogens is 292 g/mol. The van der Waals surface area contributed by atoms with Crippen molar-refractivity contribution >= 4 is 11.6 Å². The van der Waals surface area contributed by atoms with Crippen LogP contribution in [-0.2, 0) is 0 Å². The van der Waals surface area contributed by atoms with Gasteiger partial charge in [-0.05, 0) is 36.4 Å². The van der Waals surface area contributed by atoms with Crippen LogP contribution in [0.1, 0.15) is 10.4 Å². The first-order valence-corrected chi connectivity index (χ1v) is 7.46. The number of hydrogen-bond acceptors (Lipinski definition) is 4. The third-order valence-electron chi connectivity index (χ3n) is 3.53. The highest BCUT2D eigenvalue weighted by Crippen LogP contribution is 2.18. The van der Waals surface area contributed by atoms with E-state index >= 15 is 0 Å². The summed E-state index contributed by atoms with van der Waals surface area (Å²) in [7, 11) is 3.52. The largest absolute Gasteiger partial charge is 0.497 e. The molecule has 0 saturated heterocycles. The van der Waals surface area contributed by atoms with Gasteiger partial charge in [0.15, 0.2) is 0 Å². The van der Waals surface area contributed by atoms with Crippen molar-refractivity contribution in [3.8, 4) is 5.75 Å². The second kappa shape index (κ2) is 8.19. The molecule has 2 aromatic rings. The van der Waals surface area contributed by atoms with Crippen molar-refractivity contribution in [2.75, 3.05) is 32.1 Å². The van der Waals surface area contributed by atoms with Crippen LogP contribution in [0.25, 0.3) is 0 Å². The molecule has 1 atom stereocenters. The molecule has 23 heavy (non-hydrogen) atoms. The van der Waals surface area contributed by atoms with E-state index in [1.807, 2.05) is 54.4 Å². The van der Waals surface area contributed by atoms with Crippen LogP contribution in [0.2, 0.25) is 0 Å². The van der Waals surface area contributed by atoms with Crippen molar-refractivity contribution in [2.24, 2.45) is 0 Å². The molecule has 0 aliphatic heterocycles. The molecule has 0 saturated carbocycles. The van der Waals surface area contributed by atoms with Gasteiger partial charge in [0, 0.05) is 31.4 Å². The first-order chi connectivity index (χ1) is 11.1. The Bertz CT molecular complexity index is 614. The van der Waals surface area contributed by atoms with E-state index in [1.54, 1.807) is 19.2 Å². The number of nitrogens with zero attached hydrogens (tertiary/aromatic N) is 1. The monoisotopic (exact) mass is 314 g/mol. The molecule has 0 radical (unpaired) electrons. The molecule has 1 unspecified atom stereocenters. The Balaban J connectivity index is 1.81. The summed E-state index contributed by atoms with van der Waals surface area (Å²) < 4.78 is 5.12. The number of rotatable bonds is 7. The topological polar surface area (TPSA) is 61.8 Å². The minimum atomic E-state index is -0.658. The summed E-state index contributed by atoms with van der Waals surface area (Å²) in [6.45, 7) is 0.621. The Morgan fingerprint density at radius 1 is 1.17 bits per heavy atom. The first-order valence-electron chi connectivity index (χ1n) is 7.46. The average molecular weight is 314 g/mol. The molecule has 5 heteroatoms. The van der Waals surface area contributed by atoms with E-state index in [2.05, 4.69) is 5.32 Å². The Morgan fingerprint density at radius 3 is 2.43 bits per heavy atom. The maximum Gasteiger partial charge on any atom is 0.251 e. The zero-order chi connectivity index (χ0) is 16.7. The predicted octanol–water partition coefficient (Wildman–Crippen LogP) is 1.92. The summed E-state index contributed by atoms with van der Waals surface area (Å²) in [6, 6.07) is 16.5. The zero-order valence-corrected chi connectivity index (χ0v) is 13.4. The van der Waals surface area contributed by atoms with Crippen LogP contribution in [0.4, 0.5) is 5.69 Å². The maximum absolute atomic E-state index is 11.9. The van der Waals surface area contributed by atoms with Crippen LogP contribution in [0.15, 0.2) is 54.6 Å². The molecule has 2 aromatic carbocycles. The van der Waals surface area contributed by atoms with Gasteiger partial charge in [-0.2, -0.15) is 0 Å². The van der Waals surface area contributed by atoms with E-state index in [0.29, 0.717) is 12.1 Å². The van der Waals surface area contributed by atoms with Gasteiger partial charge in [-0.3, -0.25) is 4.79 Å². The maximum atomic E-state index is 11.9. The number of likely N-dealkylation sites (N-methyl/N-ethyl adjacent to an activating group) is 1. The van der Waals surface area contributed by atoms with Gasteiger partial charge in [-0.15, -0.1) is 0 Å². The van der Waals surface area contributed by atoms with E-state index in [-0.39, 0.29) is 12.5 Å². The molecule has 0 heterocycles. The molecule has 5 nitrogen and oxygen atoms in total. The Morgan fingerprint density at radius 2 is 1.83 bits per heavy atom. The number of carbonyl (C=O) groups excluding carboxylic acids is 1. The fraction of sp³-hybridized carbons (Fsp3) is 0.278. The number of carbonyl (C=O) groups is 1. The lowest BCUT2D eigenvalue weighted by Gasteiger charge is -2.23. The number of anilines is 1. The number of methoxy groups -OCH3 is 1. The molecule has 0 aliphatic rings. The second-order valence-electron chi connectivity index (χ2n) is 5.31. The van der Waals surface area contributed by atoms with Crippen LogP contribution in [0, 0.1) is 0 Å². The third kappa shape index (κ3) is 5.00. The number of benzene rings is 2. The van der Waals surface area contributed by atoms with Crippen molar-refractivity contribution in [1.29, 1.82) is 0 Å². The predicted molar refractivity (Wildman–Crippen MR) is 91.0 cm³/mol. The number of ether oxygens (including phenoxy) is 1. The molecule has 0 bridgehead atoms. The quantitative estimate of drug-likeness (QED) is 0.820. The van der Waals surface area contributed by atoms with Crippen LogP contribution < -0.4 is 15.0 Å². The summed E-state index contributed by atoms with van der Waals surface area (Å²) in [6.07, 6.45) is -0.658. The van der Waals surface area contributed by atoms with Crippen LogP contribution in [-0.4, -0.2) is 44.4 Å². The number of aliphatic hydroxyl groups is 1. The van der Waals surface area contributed by atoms with Crippen molar-refractivity contribution in [3.05, 3.63) is 60.2 Å². The normalized spacial score (nSPS) is 11.6. The number of aliphatic hydroxyl groups excluding tert-OH is 1. The molecule has 0 fully saturated rings. The van der Waals surface area contributed by atoms with Crippen molar-refractivity contribution in [3.63, 3.8) is 0 Å². The number of amides is 1. The fourth-order valence-electron chi connectivity index (χ4n) is 2.22. The summed E-state index contributed by atoms with van der Waals surface area (Å²) in [4.78, 5) is 13.9. The molecule has 122 valence electrons. The third-order valence-corrected chi connectivity index (χ3v) is 3.53. The van der Waals surface area contributed by atoms with Crippen LogP contribution in [0.3, 0.4) is 0 Å². The first kappa shape index (κ1) is 16.8. The van der Waals surface area contributed by atoms with E-state index in [4.69, 9.17) is 4.74 Å². The highest BCUT2D eigenvalue weighted by molar-refractivity contribution is 5.94. The van der Waals surface area contributed by atoms with Crippen LogP contribution in [0.5, 0.6) is 5.75 Å². The summed E-state index contributed by atoms with van der Waals surface area (Å²) in [5.41, 5.74) is 1.56. The van der Waals surface area contributed by atoms with E-state index < -0.39 is 6.10 Å². The fourth-order valence-corrected chi connectivity index (χ4v) is 2.22. The Labute approximate surface area is 136 Å². The second-order valence-corrected chi connectivity index (χ2v) is 5.31. The van der Waals surface area contributed by atoms with Crippen molar-refractivity contribution in [2.45, 2.75) is 6.10 Å². The van der Waals surface area contributed by atoms with Gasteiger partial charge in [0.05, 0.1) is 13.2 Å². The minimum absolute atomic E-state index is 0.184. The van der Waals surface area contributed by atoms with Crippen molar-refractivity contribution in [1.82, 2.24) is 5.32 Å². The van der Waals surface area contributed by atoms with Crippen molar-refractivity contribution < 1.29 is 14.6 Å². The zero-order valence-electron chi connectivity index (χ0n) is 13.4. The van der Waals surface area contributed by atoms with Gasteiger partial charge >= 0.3 is 0 Å². The van der Waals surface area contributed by atoms with E-state index in [0.717, 1.165) is 11.4 Å². The lowest BCUT2D eigenvalue weighted by molar-refractivity contribution is 0.0919. The Kier molecular flexibility index (Phi) is 6.00. The van der Waals surface area contributed by atoms with Gasteiger partial charge in [0.2, 0.25) is 0 Å². The average Bonchev–Trinajstić information content (AvgIpc) is 2.60. The molecule has 0 spiro atoms. The lowest BCUT2D eigenvalue weighted by Crippen LogP contribution is -2.38. The summed E-state index contributed by atoms with van der Waals surface area (Å²) in [5.74, 6) is 0.606. The molecule has 0 aromatic heterocycles. The van der Waals surface area contributed by atoms with Crippen LogP contribution >= 0.6 is 0 Å². The summed E-state index contributed by atoms with van der Waals surface area (Å²) >= 11 is 0. The molecular formula is C18H22N2O3. The molecule has 0 aliphatic carbocycles. The molecule has 1 amide bonds. The lowest BCUT2D eigenvalue weighted by atomic mass is 10.2. The molecule has 2 rings (SSSR count). The van der Waals surface area contributed by atoms with Gasteiger partial charge in [0.25, 0.3) is 5.91 Å².